The van der Waals surface area contributed by atoms with E-state index in [1.165, 1.54) is 0 Å². The van der Waals surface area contributed by atoms with Gasteiger partial charge in [0.2, 0.25) is 5.91 Å². The number of piperazine rings is 1. The van der Waals surface area contributed by atoms with Crippen LogP contribution in [-0.2, 0) is 16.0 Å². The monoisotopic (exact) mass is 383 g/mol. The average molecular weight is 383 g/mol. The Balaban J connectivity index is 1.68. The smallest absolute Gasteiger partial charge is 0.260 e. The van der Waals surface area contributed by atoms with Crippen molar-refractivity contribution in [3.05, 3.63) is 52.9 Å². The van der Waals surface area contributed by atoms with Gasteiger partial charge in [0, 0.05) is 26.6 Å². The fourth-order valence-corrected chi connectivity index (χ4v) is 4.36. The van der Waals surface area contributed by atoms with Crippen LogP contribution in [0.5, 0.6) is 0 Å². The molecule has 28 heavy (non-hydrogen) atoms. The number of aromatic nitrogens is 1. The van der Waals surface area contributed by atoms with Gasteiger partial charge in [-0.25, -0.2) is 0 Å². The van der Waals surface area contributed by atoms with Gasteiger partial charge in [-0.3, -0.25) is 9.59 Å². The molecule has 0 N–H and O–H groups in total. The van der Waals surface area contributed by atoms with Crippen LogP contribution in [0.2, 0.25) is 0 Å². The molecule has 148 valence electrons. The summed E-state index contributed by atoms with van der Waals surface area (Å²) in [6, 6.07) is 9.24. The van der Waals surface area contributed by atoms with Crippen LogP contribution in [0.15, 0.2) is 34.9 Å². The Bertz CT molecular complexity index is 860. The molecule has 3 heterocycles. The Kier molecular flexibility index (Phi) is 4.93. The predicted molar refractivity (Wildman–Crippen MR) is 102 cm³/mol. The molecule has 2 aliphatic heterocycles. The topological polar surface area (TPSA) is 75.9 Å². The normalized spacial score (nSPS) is 24.5. The first-order valence-electron chi connectivity index (χ1n) is 9.60. The number of benzene rings is 1. The Morgan fingerprint density at radius 3 is 2.64 bits per heavy atom. The molecule has 0 unspecified atom stereocenters. The molecule has 2 aliphatic rings. The predicted octanol–water partition coefficient (Wildman–Crippen LogP) is 1.97. The third-order valence-electron chi connectivity index (χ3n) is 5.84. The van der Waals surface area contributed by atoms with Crippen molar-refractivity contribution in [2.24, 2.45) is 0 Å². The first-order chi connectivity index (χ1) is 13.5. The third-order valence-corrected chi connectivity index (χ3v) is 5.84. The summed E-state index contributed by atoms with van der Waals surface area (Å²) in [5.41, 5.74) is 2.04. The fourth-order valence-electron chi connectivity index (χ4n) is 4.36. The summed E-state index contributed by atoms with van der Waals surface area (Å²) >= 11 is 0. The van der Waals surface area contributed by atoms with Gasteiger partial charge in [0.15, 0.2) is 0 Å². The first-order valence-corrected chi connectivity index (χ1v) is 9.60. The highest BCUT2D eigenvalue weighted by Crippen LogP contribution is 2.30. The number of hydrogen-bond acceptors (Lipinski definition) is 5. The van der Waals surface area contributed by atoms with Crippen LogP contribution in [0, 0.1) is 13.8 Å². The zero-order valence-electron chi connectivity index (χ0n) is 16.4. The molecule has 0 radical (unpaired) electrons. The molecule has 2 saturated heterocycles. The SMILES string of the molecule is CO[C@H]1C[C@H]2CN(C(=O)c3c(C)noc3C)[C@@H](Cc3ccccc3)C(=O)N2C1. The summed E-state index contributed by atoms with van der Waals surface area (Å²) in [5, 5.41) is 3.91. The molecule has 4 rings (SSSR count). The van der Waals surface area contributed by atoms with Gasteiger partial charge < -0.3 is 19.1 Å². The van der Waals surface area contributed by atoms with E-state index >= 15 is 0 Å². The number of hydrogen-bond donors (Lipinski definition) is 0. The molecule has 3 atom stereocenters. The summed E-state index contributed by atoms with van der Waals surface area (Å²) in [7, 11) is 1.67. The van der Waals surface area contributed by atoms with E-state index in [9.17, 15) is 9.59 Å². The number of fused-ring (bicyclic) bond motifs is 1. The maximum atomic E-state index is 13.4. The molecule has 2 amide bonds. The Morgan fingerprint density at radius 2 is 2.00 bits per heavy atom. The lowest BCUT2D eigenvalue weighted by Crippen LogP contribution is -2.62. The molecule has 7 nitrogen and oxygen atoms in total. The van der Waals surface area contributed by atoms with Gasteiger partial charge in [-0.05, 0) is 25.8 Å². The maximum Gasteiger partial charge on any atom is 0.260 e. The Hall–Kier alpha value is -2.67. The third kappa shape index (κ3) is 3.20. The molecule has 2 aromatic rings. The van der Waals surface area contributed by atoms with Crippen molar-refractivity contribution in [1.29, 1.82) is 0 Å². The highest BCUT2D eigenvalue weighted by atomic mass is 16.5. The molecule has 1 aromatic heterocycles. The molecule has 1 aromatic carbocycles. The molecule has 0 aliphatic carbocycles. The van der Waals surface area contributed by atoms with E-state index in [4.69, 9.17) is 9.26 Å². The largest absolute Gasteiger partial charge is 0.380 e. The number of amides is 2. The van der Waals surface area contributed by atoms with Crippen LogP contribution in [0.3, 0.4) is 0 Å². The summed E-state index contributed by atoms with van der Waals surface area (Å²) in [4.78, 5) is 30.4. The Morgan fingerprint density at radius 1 is 1.25 bits per heavy atom. The van der Waals surface area contributed by atoms with Gasteiger partial charge in [0.05, 0.1) is 17.8 Å². The zero-order chi connectivity index (χ0) is 19.8. The van der Waals surface area contributed by atoms with Crippen molar-refractivity contribution in [3.63, 3.8) is 0 Å². The summed E-state index contributed by atoms with van der Waals surface area (Å²) in [6.07, 6.45) is 1.24. The molecule has 0 spiro atoms. The van der Waals surface area contributed by atoms with Crippen molar-refractivity contribution in [3.8, 4) is 0 Å². The van der Waals surface area contributed by atoms with Crippen LogP contribution in [0.4, 0.5) is 0 Å². The molecule has 7 heteroatoms. The second kappa shape index (κ2) is 7.39. The number of carbonyl (C=O) groups excluding carboxylic acids is 2. The van der Waals surface area contributed by atoms with Gasteiger partial charge in [0.25, 0.3) is 5.91 Å². The summed E-state index contributed by atoms with van der Waals surface area (Å²) < 4.78 is 10.7. The summed E-state index contributed by atoms with van der Waals surface area (Å²) in [5.74, 6) is 0.280. The van der Waals surface area contributed by atoms with Crippen LogP contribution in [-0.4, -0.2) is 65.2 Å². The number of methoxy groups -OCH3 is 1. The quantitative estimate of drug-likeness (QED) is 0.807. The minimum absolute atomic E-state index is 0.0141. The van der Waals surface area contributed by atoms with Crippen molar-refractivity contribution in [2.45, 2.75) is 44.9 Å². The maximum absolute atomic E-state index is 13.4. The minimum Gasteiger partial charge on any atom is -0.380 e. The van der Waals surface area contributed by atoms with E-state index in [0.29, 0.717) is 36.5 Å². The number of rotatable bonds is 4. The zero-order valence-corrected chi connectivity index (χ0v) is 16.4. The van der Waals surface area contributed by atoms with Gasteiger partial charge >= 0.3 is 0 Å². The van der Waals surface area contributed by atoms with Crippen LogP contribution < -0.4 is 0 Å². The van der Waals surface area contributed by atoms with E-state index in [-0.39, 0.29) is 24.0 Å². The molecule has 0 saturated carbocycles. The van der Waals surface area contributed by atoms with Gasteiger partial charge in [-0.2, -0.15) is 0 Å². The lowest BCUT2D eigenvalue weighted by molar-refractivity contribution is -0.142. The van der Waals surface area contributed by atoms with Crippen LogP contribution in [0.1, 0.15) is 33.8 Å². The molecular formula is C21H25N3O4. The van der Waals surface area contributed by atoms with Crippen molar-refractivity contribution >= 4 is 11.8 Å². The van der Waals surface area contributed by atoms with Crippen molar-refractivity contribution in [2.75, 3.05) is 20.2 Å². The summed E-state index contributed by atoms with van der Waals surface area (Å²) in [6.45, 7) is 4.56. The Labute approximate surface area is 164 Å². The van der Waals surface area contributed by atoms with Gasteiger partial charge in [-0.1, -0.05) is 35.5 Å². The van der Waals surface area contributed by atoms with Crippen molar-refractivity contribution < 1.29 is 18.8 Å². The first kappa shape index (κ1) is 18.7. The lowest BCUT2D eigenvalue weighted by Gasteiger charge is -2.42. The van der Waals surface area contributed by atoms with E-state index in [1.807, 2.05) is 35.2 Å². The second-order valence-corrected chi connectivity index (χ2v) is 7.60. The highest BCUT2D eigenvalue weighted by molar-refractivity contribution is 6.00. The molecule has 2 fully saturated rings. The van der Waals surface area contributed by atoms with E-state index in [0.717, 1.165) is 12.0 Å². The fraction of sp³-hybridized carbons (Fsp3) is 0.476. The number of aryl methyl sites for hydroxylation is 2. The standard InChI is InChI=1S/C21H25N3O4/c1-13-19(14(2)28-22-13)21(26)24-11-16-10-17(27-3)12-23(16)20(25)18(24)9-15-7-5-4-6-8-15/h4-8,16-18H,9-12H2,1-3H3/t16-,17-,18-/m0/s1. The number of nitrogens with zero attached hydrogens (tertiary/aromatic N) is 3. The second-order valence-electron chi connectivity index (χ2n) is 7.60. The van der Waals surface area contributed by atoms with E-state index in [2.05, 4.69) is 5.16 Å². The van der Waals surface area contributed by atoms with Crippen molar-refractivity contribution in [1.82, 2.24) is 15.0 Å². The van der Waals surface area contributed by atoms with Gasteiger partial charge in [-0.15, -0.1) is 0 Å². The number of carbonyl (C=O) groups is 2. The van der Waals surface area contributed by atoms with E-state index < -0.39 is 6.04 Å². The number of ether oxygens (including phenoxy) is 1. The lowest BCUT2D eigenvalue weighted by atomic mass is 9.97. The molecular weight excluding hydrogens is 358 g/mol. The highest BCUT2D eigenvalue weighted by Gasteiger charge is 2.47. The van der Waals surface area contributed by atoms with E-state index in [1.54, 1.807) is 25.9 Å². The van der Waals surface area contributed by atoms with Crippen LogP contribution in [0.25, 0.3) is 0 Å². The van der Waals surface area contributed by atoms with Crippen LogP contribution >= 0.6 is 0 Å². The minimum atomic E-state index is -0.546. The average Bonchev–Trinajstić information content (AvgIpc) is 3.27. The molecule has 0 bridgehead atoms. The van der Waals surface area contributed by atoms with Gasteiger partial charge in [0.1, 0.15) is 17.4 Å².